The Hall–Kier alpha value is -3.15. The molecule has 0 spiro atoms. The summed E-state index contributed by atoms with van der Waals surface area (Å²) in [6.45, 7) is 0. The number of nitrogens with one attached hydrogen (secondary N) is 1. The number of aromatic nitrogens is 2. The molecule has 24 heavy (non-hydrogen) atoms. The molecule has 122 valence electrons. The van der Waals surface area contributed by atoms with Crippen LogP contribution in [0.15, 0.2) is 59.1 Å². The normalized spacial score (nSPS) is 10.4. The van der Waals surface area contributed by atoms with Crippen LogP contribution in [-0.2, 0) is 11.2 Å². The van der Waals surface area contributed by atoms with Crippen molar-refractivity contribution in [2.45, 2.75) is 12.8 Å². The highest BCUT2D eigenvalue weighted by Gasteiger charge is 2.10. The van der Waals surface area contributed by atoms with E-state index in [0.717, 1.165) is 17.0 Å². The lowest BCUT2D eigenvalue weighted by atomic mass is 10.2. The highest BCUT2D eigenvalue weighted by atomic mass is 16.5. The fraction of sp³-hybridized carbons (Fsp3) is 0.167. The van der Waals surface area contributed by atoms with Gasteiger partial charge in [0.25, 0.3) is 0 Å². The third-order valence-corrected chi connectivity index (χ3v) is 3.44. The first-order valence-electron chi connectivity index (χ1n) is 7.56. The molecule has 0 atom stereocenters. The molecule has 0 saturated carbocycles. The number of aryl methyl sites for hydroxylation is 1. The average Bonchev–Trinajstić information content (AvgIpc) is 3.10. The van der Waals surface area contributed by atoms with Crippen molar-refractivity contribution in [3.05, 3.63) is 60.5 Å². The maximum atomic E-state index is 12.0. The smallest absolute Gasteiger partial charge is 0.227 e. The molecule has 0 aliphatic rings. The first-order valence-corrected chi connectivity index (χ1v) is 7.56. The van der Waals surface area contributed by atoms with Crippen molar-refractivity contribution in [1.82, 2.24) is 10.1 Å². The molecule has 0 radical (unpaired) electrons. The molecule has 1 N–H and O–H groups in total. The highest BCUT2D eigenvalue weighted by Crippen LogP contribution is 2.17. The summed E-state index contributed by atoms with van der Waals surface area (Å²) in [5.41, 5.74) is 1.60. The summed E-state index contributed by atoms with van der Waals surface area (Å²) in [6.07, 6.45) is 0.657. The second kappa shape index (κ2) is 7.41. The Bertz CT molecular complexity index is 798. The zero-order chi connectivity index (χ0) is 16.8. The molecule has 0 aliphatic heterocycles. The van der Waals surface area contributed by atoms with Gasteiger partial charge in [-0.15, -0.1) is 0 Å². The standard InChI is InChI=1S/C18H17N3O3/c1-23-15-9-7-14(8-10-15)19-16(22)11-12-17-20-18(21-24-17)13-5-3-2-4-6-13/h2-10H,11-12H2,1H3,(H,19,22). The van der Waals surface area contributed by atoms with E-state index in [0.29, 0.717) is 18.1 Å². The largest absolute Gasteiger partial charge is 0.497 e. The van der Waals surface area contributed by atoms with Crippen LogP contribution in [0.4, 0.5) is 5.69 Å². The molecule has 1 amide bonds. The van der Waals surface area contributed by atoms with E-state index in [9.17, 15) is 4.79 Å². The number of rotatable bonds is 6. The molecule has 0 unspecified atom stereocenters. The molecule has 0 saturated heterocycles. The first kappa shape index (κ1) is 15.7. The van der Waals surface area contributed by atoms with Crippen molar-refractivity contribution in [2.75, 3.05) is 12.4 Å². The minimum Gasteiger partial charge on any atom is -0.497 e. The Labute approximate surface area is 139 Å². The molecule has 3 aromatic rings. The highest BCUT2D eigenvalue weighted by molar-refractivity contribution is 5.90. The van der Waals surface area contributed by atoms with Crippen LogP contribution in [0.2, 0.25) is 0 Å². The molecule has 1 heterocycles. The number of carbonyl (C=O) groups is 1. The topological polar surface area (TPSA) is 77.2 Å². The summed E-state index contributed by atoms with van der Waals surface area (Å²) in [5, 5.41) is 6.75. The van der Waals surface area contributed by atoms with E-state index in [4.69, 9.17) is 9.26 Å². The Morgan fingerprint density at radius 1 is 1.12 bits per heavy atom. The van der Waals surface area contributed by atoms with Gasteiger partial charge in [0.1, 0.15) is 5.75 Å². The second-order valence-corrected chi connectivity index (χ2v) is 5.15. The van der Waals surface area contributed by atoms with E-state index >= 15 is 0 Å². The van der Waals surface area contributed by atoms with Gasteiger partial charge in [0.05, 0.1) is 7.11 Å². The van der Waals surface area contributed by atoms with Gasteiger partial charge in [-0.2, -0.15) is 4.98 Å². The van der Waals surface area contributed by atoms with E-state index in [1.54, 1.807) is 31.4 Å². The van der Waals surface area contributed by atoms with E-state index in [1.165, 1.54) is 0 Å². The van der Waals surface area contributed by atoms with Gasteiger partial charge >= 0.3 is 0 Å². The second-order valence-electron chi connectivity index (χ2n) is 5.15. The van der Waals surface area contributed by atoms with Gasteiger partial charge in [-0.25, -0.2) is 0 Å². The number of methoxy groups -OCH3 is 1. The molecule has 6 heteroatoms. The van der Waals surface area contributed by atoms with Gasteiger partial charge in [-0.3, -0.25) is 4.79 Å². The fourth-order valence-corrected chi connectivity index (χ4v) is 2.18. The van der Waals surface area contributed by atoms with Gasteiger partial charge < -0.3 is 14.6 Å². The number of hydrogen-bond donors (Lipinski definition) is 1. The molecule has 3 rings (SSSR count). The van der Waals surface area contributed by atoms with Gasteiger partial charge in [-0.05, 0) is 24.3 Å². The number of nitrogens with zero attached hydrogens (tertiary/aromatic N) is 2. The van der Waals surface area contributed by atoms with Crippen molar-refractivity contribution in [3.8, 4) is 17.1 Å². The maximum absolute atomic E-state index is 12.0. The van der Waals surface area contributed by atoms with Crippen molar-refractivity contribution >= 4 is 11.6 Å². The van der Waals surface area contributed by atoms with Crippen molar-refractivity contribution < 1.29 is 14.1 Å². The molecular formula is C18H17N3O3. The first-order chi connectivity index (χ1) is 11.7. The van der Waals surface area contributed by atoms with Crippen LogP contribution in [0, 0.1) is 0 Å². The van der Waals surface area contributed by atoms with Gasteiger partial charge in [0, 0.05) is 24.1 Å². The van der Waals surface area contributed by atoms with Crippen molar-refractivity contribution in [2.24, 2.45) is 0 Å². The van der Waals surface area contributed by atoms with E-state index in [-0.39, 0.29) is 12.3 Å². The lowest BCUT2D eigenvalue weighted by molar-refractivity contribution is -0.116. The molecule has 1 aromatic heterocycles. The Kier molecular flexibility index (Phi) is 4.86. The lowest BCUT2D eigenvalue weighted by Gasteiger charge is -2.05. The van der Waals surface area contributed by atoms with Crippen LogP contribution in [0.5, 0.6) is 5.75 Å². The minimum atomic E-state index is -0.111. The molecule has 0 fully saturated rings. The SMILES string of the molecule is COc1ccc(NC(=O)CCc2nc(-c3ccccc3)no2)cc1. The number of benzene rings is 2. The summed E-state index contributed by atoms with van der Waals surface area (Å²) in [4.78, 5) is 16.3. The van der Waals surface area contributed by atoms with Crippen LogP contribution in [0.25, 0.3) is 11.4 Å². The summed E-state index contributed by atoms with van der Waals surface area (Å²) in [5.74, 6) is 1.60. The Balaban J connectivity index is 1.53. The van der Waals surface area contributed by atoms with Crippen LogP contribution < -0.4 is 10.1 Å². The number of hydrogen-bond acceptors (Lipinski definition) is 5. The summed E-state index contributed by atoms with van der Waals surface area (Å²) >= 11 is 0. The summed E-state index contributed by atoms with van der Waals surface area (Å²) in [7, 11) is 1.60. The van der Waals surface area contributed by atoms with E-state index in [2.05, 4.69) is 15.5 Å². The zero-order valence-corrected chi connectivity index (χ0v) is 13.2. The van der Waals surface area contributed by atoms with Gasteiger partial charge in [0.2, 0.25) is 17.6 Å². The summed E-state index contributed by atoms with van der Waals surface area (Å²) < 4.78 is 10.3. The Morgan fingerprint density at radius 3 is 2.58 bits per heavy atom. The minimum absolute atomic E-state index is 0.111. The van der Waals surface area contributed by atoms with Crippen LogP contribution in [0.3, 0.4) is 0 Å². The van der Waals surface area contributed by atoms with Crippen molar-refractivity contribution in [1.29, 1.82) is 0 Å². The molecule has 0 bridgehead atoms. The van der Waals surface area contributed by atoms with Crippen LogP contribution in [0.1, 0.15) is 12.3 Å². The Morgan fingerprint density at radius 2 is 1.88 bits per heavy atom. The molecule has 0 aliphatic carbocycles. The quantitative estimate of drug-likeness (QED) is 0.753. The van der Waals surface area contributed by atoms with E-state index in [1.807, 2.05) is 30.3 Å². The predicted octanol–water partition coefficient (Wildman–Crippen LogP) is 3.32. The zero-order valence-electron chi connectivity index (χ0n) is 13.2. The molecule has 2 aromatic carbocycles. The lowest BCUT2D eigenvalue weighted by Crippen LogP contribution is -2.12. The third kappa shape index (κ3) is 3.98. The van der Waals surface area contributed by atoms with Crippen LogP contribution in [-0.4, -0.2) is 23.2 Å². The molecular weight excluding hydrogens is 306 g/mol. The predicted molar refractivity (Wildman–Crippen MR) is 89.7 cm³/mol. The van der Waals surface area contributed by atoms with Crippen molar-refractivity contribution in [3.63, 3.8) is 0 Å². The fourth-order valence-electron chi connectivity index (χ4n) is 2.18. The van der Waals surface area contributed by atoms with Gasteiger partial charge in [-0.1, -0.05) is 35.5 Å². The third-order valence-electron chi connectivity index (χ3n) is 3.44. The number of carbonyl (C=O) groups excluding carboxylic acids is 1. The van der Waals surface area contributed by atoms with Gasteiger partial charge in [0.15, 0.2) is 0 Å². The van der Waals surface area contributed by atoms with E-state index < -0.39 is 0 Å². The summed E-state index contributed by atoms with van der Waals surface area (Å²) in [6, 6.07) is 16.7. The average molecular weight is 323 g/mol. The van der Waals surface area contributed by atoms with Crippen LogP contribution >= 0.6 is 0 Å². The molecule has 6 nitrogen and oxygen atoms in total. The monoisotopic (exact) mass is 323 g/mol. The number of anilines is 1. The maximum Gasteiger partial charge on any atom is 0.227 e. The number of amides is 1. The number of ether oxygens (including phenoxy) is 1.